The molecule has 10 aromatic carbocycles. The van der Waals surface area contributed by atoms with Crippen LogP contribution in [0.2, 0.25) is 0 Å². The van der Waals surface area contributed by atoms with Crippen molar-refractivity contribution in [2.75, 3.05) is 4.90 Å². The van der Waals surface area contributed by atoms with Crippen LogP contribution in [0.3, 0.4) is 0 Å². The van der Waals surface area contributed by atoms with Gasteiger partial charge in [0, 0.05) is 53.6 Å². The topological polar surface area (TPSA) is 8.17 Å². The van der Waals surface area contributed by atoms with E-state index in [0.29, 0.717) is 0 Å². The van der Waals surface area contributed by atoms with E-state index >= 15 is 0 Å². The van der Waals surface area contributed by atoms with Gasteiger partial charge in [-0.2, -0.15) is 0 Å². The summed E-state index contributed by atoms with van der Waals surface area (Å²) in [5.74, 6) is 0. The van der Waals surface area contributed by atoms with Gasteiger partial charge >= 0.3 is 0 Å². The zero-order valence-electron chi connectivity index (χ0n) is 33.2. The van der Waals surface area contributed by atoms with Gasteiger partial charge < -0.3 is 9.47 Å². The van der Waals surface area contributed by atoms with Crippen LogP contribution in [0.1, 0.15) is 0 Å². The monoisotopic (exact) mass is 794 g/mol. The van der Waals surface area contributed by atoms with E-state index in [4.69, 9.17) is 0 Å². The first-order valence-corrected chi connectivity index (χ1v) is 21.6. The Morgan fingerprint density at radius 2 is 0.967 bits per heavy atom. The number of benzene rings is 10. The Kier molecular flexibility index (Phi) is 8.39. The molecule has 0 bridgehead atoms. The molecule has 0 aliphatic heterocycles. The van der Waals surface area contributed by atoms with Crippen molar-refractivity contribution < 1.29 is 0 Å². The lowest BCUT2D eigenvalue weighted by atomic mass is 9.95. The van der Waals surface area contributed by atoms with Crippen LogP contribution in [0.4, 0.5) is 17.1 Å². The van der Waals surface area contributed by atoms with Crippen LogP contribution in [-0.4, -0.2) is 4.57 Å². The molecule has 0 radical (unpaired) electrons. The number of anilines is 3. The molecule has 0 spiro atoms. The maximum atomic E-state index is 2.51. The summed E-state index contributed by atoms with van der Waals surface area (Å²) < 4.78 is 5.09. The predicted molar refractivity (Wildman–Crippen MR) is 262 cm³/mol. The van der Waals surface area contributed by atoms with Gasteiger partial charge in [-0.15, -0.1) is 11.3 Å². The van der Waals surface area contributed by atoms with E-state index in [-0.39, 0.29) is 0 Å². The average molecular weight is 795 g/mol. The normalized spacial score (nSPS) is 11.6. The van der Waals surface area contributed by atoms with E-state index in [2.05, 4.69) is 240 Å². The molecule has 0 aliphatic rings. The maximum Gasteiger partial charge on any atom is 0.0782 e. The molecule has 0 amide bonds. The minimum Gasteiger partial charge on any atom is -0.308 e. The van der Waals surface area contributed by atoms with Crippen molar-refractivity contribution in [1.29, 1.82) is 0 Å². The van der Waals surface area contributed by atoms with Crippen molar-refractivity contribution in [2.45, 2.75) is 0 Å². The fourth-order valence-corrected chi connectivity index (χ4v) is 10.4. The quantitative estimate of drug-likeness (QED) is 0.156. The Morgan fingerprint density at radius 1 is 0.328 bits per heavy atom. The molecule has 2 nitrogen and oxygen atoms in total. The second-order valence-corrected chi connectivity index (χ2v) is 16.8. The third-order valence-corrected chi connectivity index (χ3v) is 13.3. The number of fused-ring (bicyclic) bond motifs is 7. The van der Waals surface area contributed by atoms with Crippen LogP contribution in [0.15, 0.2) is 231 Å². The molecule has 0 atom stereocenters. The highest BCUT2D eigenvalue weighted by Crippen LogP contribution is 2.48. The molecule has 12 aromatic rings. The molecule has 0 aliphatic carbocycles. The lowest BCUT2D eigenvalue weighted by molar-refractivity contribution is 1.17. The molecular weight excluding hydrogens is 757 g/mol. The molecule has 2 heterocycles. The van der Waals surface area contributed by atoms with Gasteiger partial charge in [-0.25, -0.2) is 0 Å². The number of thiophene rings is 1. The minimum atomic E-state index is 1.09. The highest BCUT2D eigenvalue weighted by atomic mass is 32.1. The molecule has 0 saturated heterocycles. The fourth-order valence-electron chi connectivity index (χ4n) is 9.30. The van der Waals surface area contributed by atoms with Crippen LogP contribution in [-0.2, 0) is 0 Å². The van der Waals surface area contributed by atoms with Crippen molar-refractivity contribution >= 4 is 81.1 Å². The minimum absolute atomic E-state index is 1.09. The number of nitrogens with zero attached hydrogens (tertiary/aromatic N) is 2. The summed E-state index contributed by atoms with van der Waals surface area (Å²) in [6.07, 6.45) is 0. The van der Waals surface area contributed by atoms with Gasteiger partial charge in [-0.3, -0.25) is 0 Å². The number of hydrogen-bond acceptors (Lipinski definition) is 2. The van der Waals surface area contributed by atoms with E-state index < -0.39 is 0 Å². The highest BCUT2D eigenvalue weighted by Gasteiger charge is 2.25. The Balaban J connectivity index is 1.19. The standard InChI is InChI=1S/C58H38N2S/c1-4-16-39(17-5-1)45-36-51(41-19-6-2-7-20-41)57-53(37-45)50-27-15-28-54(58(50)60(57)46-23-8-3-9-24-46)59(48-32-33-56-52(38-48)49-26-12-13-29-55(49)61-56)47-25-14-22-43(35-47)44-31-30-40-18-10-11-21-42(40)34-44/h1-38H. The van der Waals surface area contributed by atoms with E-state index in [9.17, 15) is 0 Å². The number of aromatic nitrogens is 1. The van der Waals surface area contributed by atoms with Gasteiger partial charge in [0.05, 0.1) is 16.7 Å². The van der Waals surface area contributed by atoms with Crippen molar-refractivity contribution in [2.24, 2.45) is 0 Å². The molecule has 0 N–H and O–H groups in total. The number of para-hydroxylation sites is 2. The molecule has 3 heteroatoms. The zero-order valence-corrected chi connectivity index (χ0v) is 34.1. The zero-order chi connectivity index (χ0) is 40.3. The Labute approximate surface area is 358 Å². The Morgan fingerprint density at radius 3 is 1.80 bits per heavy atom. The van der Waals surface area contributed by atoms with Crippen LogP contribution in [0, 0.1) is 0 Å². The lowest BCUT2D eigenvalue weighted by Gasteiger charge is -2.28. The summed E-state index contributed by atoms with van der Waals surface area (Å²) in [6.45, 7) is 0. The van der Waals surface area contributed by atoms with Crippen molar-refractivity contribution in [1.82, 2.24) is 4.57 Å². The molecule has 61 heavy (non-hydrogen) atoms. The SMILES string of the molecule is c1ccc(-c2cc(-c3ccccc3)c3c(c2)c2cccc(N(c4cccc(-c5ccc6ccccc6c5)c4)c4ccc5sc6ccccc6c5c4)c2n3-c2ccccc2)cc1. The third kappa shape index (κ3) is 6.01. The van der Waals surface area contributed by atoms with Crippen LogP contribution >= 0.6 is 11.3 Å². The highest BCUT2D eigenvalue weighted by molar-refractivity contribution is 7.25. The van der Waals surface area contributed by atoms with Crippen molar-refractivity contribution in [3.05, 3.63) is 231 Å². The predicted octanol–water partition coefficient (Wildman–Crippen LogP) is 16.8. The van der Waals surface area contributed by atoms with E-state index in [1.54, 1.807) is 0 Å². The Hall–Kier alpha value is -7.72. The van der Waals surface area contributed by atoms with Gasteiger partial charge in [0.2, 0.25) is 0 Å². The summed E-state index contributed by atoms with van der Waals surface area (Å²) in [5.41, 5.74) is 13.9. The smallest absolute Gasteiger partial charge is 0.0782 e. The molecule has 0 saturated carbocycles. The largest absolute Gasteiger partial charge is 0.308 e. The average Bonchev–Trinajstić information content (AvgIpc) is 3.88. The second-order valence-electron chi connectivity index (χ2n) is 15.7. The van der Waals surface area contributed by atoms with Crippen LogP contribution < -0.4 is 4.90 Å². The third-order valence-electron chi connectivity index (χ3n) is 12.1. The van der Waals surface area contributed by atoms with Gasteiger partial charge in [-0.1, -0.05) is 158 Å². The first kappa shape index (κ1) is 35.2. The molecule has 12 rings (SSSR count). The summed E-state index contributed by atoms with van der Waals surface area (Å²) in [4.78, 5) is 2.48. The first-order chi connectivity index (χ1) is 30.2. The van der Waals surface area contributed by atoms with Crippen molar-refractivity contribution in [3.63, 3.8) is 0 Å². The summed E-state index contributed by atoms with van der Waals surface area (Å²) in [7, 11) is 0. The number of hydrogen-bond donors (Lipinski definition) is 0. The van der Waals surface area contributed by atoms with Gasteiger partial charge in [0.25, 0.3) is 0 Å². The van der Waals surface area contributed by atoms with Crippen LogP contribution in [0.5, 0.6) is 0 Å². The second kappa shape index (κ2) is 14.5. The van der Waals surface area contributed by atoms with E-state index in [1.165, 1.54) is 80.6 Å². The molecule has 2 aromatic heterocycles. The van der Waals surface area contributed by atoms with E-state index in [0.717, 1.165) is 28.3 Å². The van der Waals surface area contributed by atoms with E-state index in [1.807, 2.05) is 11.3 Å². The van der Waals surface area contributed by atoms with Gasteiger partial charge in [-0.05, 0) is 111 Å². The molecule has 286 valence electrons. The van der Waals surface area contributed by atoms with Gasteiger partial charge in [0.15, 0.2) is 0 Å². The number of rotatable bonds is 7. The lowest BCUT2D eigenvalue weighted by Crippen LogP contribution is -2.12. The first-order valence-electron chi connectivity index (χ1n) is 20.8. The summed E-state index contributed by atoms with van der Waals surface area (Å²) in [6, 6.07) is 84.4. The van der Waals surface area contributed by atoms with Crippen molar-refractivity contribution in [3.8, 4) is 39.1 Å². The molecular formula is C58H38N2S. The summed E-state index contributed by atoms with van der Waals surface area (Å²) >= 11 is 1.86. The molecule has 0 unspecified atom stereocenters. The maximum absolute atomic E-state index is 2.51. The summed E-state index contributed by atoms with van der Waals surface area (Å²) in [5, 5.41) is 7.44. The fraction of sp³-hybridized carbons (Fsp3) is 0. The Bertz CT molecular complexity index is 3580. The van der Waals surface area contributed by atoms with Gasteiger partial charge in [0.1, 0.15) is 0 Å². The molecule has 0 fully saturated rings. The van der Waals surface area contributed by atoms with Crippen LogP contribution in [0.25, 0.3) is 91.8 Å².